The van der Waals surface area contributed by atoms with Gasteiger partial charge in [-0.2, -0.15) is 0 Å². The third kappa shape index (κ3) is 2.80. The summed E-state index contributed by atoms with van der Waals surface area (Å²) >= 11 is 0. The van der Waals surface area contributed by atoms with Gasteiger partial charge in [-0.15, -0.1) is 0 Å². The first-order chi connectivity index (χ1) is 5.20. The highest BCUT2D eigenvalue weighted by Crippen LogP contribution is 2.13. The molecule has 2 nitrogen and oxygen atoms in total. The first-order valence-electron chi connectivity index (χ1n) is 4.54. The third-order valence-electron chi connectivity index (χ3n) is 2.19. The molecule has 0 aromatic heterocycles. The number of rotatable bonds is 2. The largest absolute Gasteiger partial charge is 0.381 e. The minimum Gasteiger partial charge on any atom is -0.381 e. The van der Waals surface area contributed by atoms with Gasteiger partial charge in [0.2, 0.25) is 0 Å². The van der Waals surface area contributed by atoms with Gasteiger partial charge in [0.1, 0.15) is 0 Å². The molecule has 0 bridgehead atoms. The van der Waals surface area contributed by atoms with Crippen LogP contribution < -0.4 is 5.32 Å². The summed E-state index contributed by atoms with van der Waals surface area (Å²) in [6.45, 7) is 8.49. The molecule has 1 saturated heterocycles. The van der Waals surface area contributed by atoms with Crippen molar-refractivity contribution < 1.29 is 4.74 Å². The van der Waals surface area contributed by atoms with Gasteiger partial charge in [0, 0.05) is 18.7 Å². The van der Waals surface area contributed by atoms with Crippen LogP contribution in [0.2, 0.25) is 0 Å². The molecular weight excluding hydrogens is 138 g/mol. The highest BCUT2D eigenvalue weighted by atomic mass is 16.5. The van der Waals surface area contributed by atoms with E-state index in [2.05, 4.69) is 26.1 Å². The van der Waals surface area contributed by atoms with Crippen LogP contribution in [0.1, 0.15) is 27.2 Å². The van der Waals surface area contributed by atoms with E-state index in [-0.39, 0.29) is 0 Å². The zero-order chi connectivity index (χ0) is 8.27. The van der Waals surface area contributed by atoms with Crippen LogP contribution in [0, 0.1) is 5.92 Å². The van der Waals surface area contributed by atoms with Crippen LogP contribution in [0.15, 0.2) is 0 Å². The molecule has 2 atom stereocenters. The van der Waals surface area contributed by atoms with Gasteiger partial charge in [0.15, 0.2) is 0 Å². The Morgan fingerprint density at radius 1 is 1.45 bits per heavy atom. The average molecular weight is 157 g/mol. The molecule has 0 aromatic carbocycles. The van der Waals surface area contributed by atoms with Crippen molar-refractivity contribution in [3.63, 3.8) is 0 Å². The summed E-state index contributed by atoms with van der Waals surface area (Å²) in [4.78, 5) is 0. The summed E-state index contributed by atoms with van der Waals surface area (Å²) < 4.78 is 5.35. The Morgan fingerprint density at radius 3 is 2.73 bits per heavy atom. The molecule has 1 N–H and O–H groups in total. The summed E-state index contributed by atoms with van der Waals surface area (Å²) in [6.07, 6.45) is 1.17. The Labute approximate surface area is 69.3 Å². The van der Waals surface area contributed by atoms with Gasteiger partial charge in [-0.1, -0.05) is 20.8 Å². The van der Waals surface area contributed by atoms with Gasteiger partial charge >= 0.3 is 0 Å². The molecule has 1 fully saturated rings. The molecule has 2 unspecified atom stereocenters. The van der Waals surface area contributed by atoms with E-state index in [4.69, 9.17) is 4.74 Å². The summed E-state index contributed by atoms with van der Waals surface area (Å²) in [6, 6.07) is 1.27. The van der Waals surface area contributed by atoms with E-state index < -0.39 is 0 Å². The number of hydrogen-bond acceptors (Lipinski definition) is 2. The first kappa shape index (κ1) is 9.01. The van der Waals surface area contributed by atoms with E-state index >= 15 is 0 Å². The lowest BCUT2D eigenvalue weighted by molar-refractivity contribution is 0.0370. The van der Waals surface area contributed by atoms with E-state index in [0.29, 0.717) is 18.0 Å². The molecule has 1 aliphatic heterocycles. The molecular formula is C9H19NO. The van der Waals surface area contributed by atoms with Gasteiger partial charge in [-0.05, 0) is 12.3 Å². The van der Waals surface area contributed by atoms with Crippen molar-refractivity contribution in [2.24, 2.45) is 5.92 Å². The maximum absolute atomic E-state index is 5.35. The molecule has 1 rings (SSSR count). The Morgan fingerprint density at radius 2 is 2.18 bits per heavy atom. The Kier molecular flexibility index (Phi) is 3.34. The second-order valence-electron chi connectivity index (χ2n) is 3.77. The standard InChI is InChI=1S/C9H19NO/c1-7(2)10-9-4-5-11-6-8(9)3/h7-10H,4-6H2,1-3H3. The number of nitrogens with one attached hydrogen (secondary N) is 1. The molecule has 0 saturated carbocycles. The SMILES string of the molecule is CC(C)NC1CCOCC1C. The van der Waals surface area contributed by atoms with Crippen molar-refractivity contribution in [1.82, 2.24) is 5.32 Å². The fourth-order valence-corrected chi connectivity index (χ4v) is 1.56. The molecule has 2 heteroatoms. The zero-order valence-electron chi connectivity index (χ0n) is 7.76. The van der Waals surface area contributed by atoms with Crippen LogP contribution in [-0.4, -0.2) is 25.3 Å². The van der Waals surface area contributed by atoms with E-state index in [1.807, 2.05) is 0 Å². The lowest BCUT2D eigenvalue weighted by atomic mass is 9.97. The van der Waals surface area contributed by atoms with E-state index in [0.717, 1.165) is 13.2 Å². The summed E-state index contributed by atoms with van der Waals surface area (Å²) in [5.41, 5.74) is 0. The van der Waals surface area contributed by atoms with Crippen molar-refractivity contribution in [2.45, 2.75) is 39.3 Å². The quantitative estimate of drug-likeness (QED) is 0.654. The molecule has 1 heterocycles. The van der Waals surface area contributed by atoms with Crippen LogP contribution >= 0.6 is 0 Å². The minimum absolute atomic E-state index is 0.598. The van der Waals surface area contributed by atoms with Gasteiger partial charge in [-0.3, -0.25) is 0 Å². The summed E-state index contributed by atoms with van der Waals surface area (Å²) in [5.74, 6) is 0.672. The Balaban J connectivity index is 2.29. The van der Waals surface area contributed by atoms with Crippen LogP contribution in [0.3, 0.4) is 0 Å². The lowest BCUT2D eigenvalue weighted by Crippen LogP contribution is -2.44. The molecule has 0 amide bonds. The Hall–Kier alpha value is -0.0800. The maximum atomic E-state index is 5.35. The fourth-order valence-electron chi connectivity index (χ4n) is 1.56. The molecule has 0 aliphatic carbocycles. The maximum Gasteiger partial charge on any atom is 0.0506 e. The normalized spacial score (nSPS) is 32.7. The monoisotopic (exact) mass is 157 g/mol. The molecule has 11 heavy (non-hydrogen) atoms. The number of ether oxygens (including phenoxy) is 1. The second kappa shape index (κ2) is 4.07. The van der Waals surface area contributed by atoms with Crippen LogP contribution in [-0.2, 0) is 4.74 Å². The molecule has 1 aliphatic rings. The zero-order valence-corrected chi connectivity index (χ0v) is 7.76. The molecule has 0 radical (unpaired) electrons. The first-order valence-corrected chi connectivity index (χ1v) is 4.54. The van der Waals surface area contributed by atoms with E-state index in [1.165, 1.54) is 6.42 Å². The average Bonchev–Trinajstić information content (AvgIpc) is 1.93. The van der Waals surface area contributed by atoms with Crippen molar-refractivity contribution >= 4 is 0 Å². The third-order valence-corrected chi connectivity index (χ3v) is 2.19. The minimum atomic E-state index is 0.598. The molecule has 0 spiro atoms. The smallest absolute Gasteiger partial charge is 0.0506 e. The fraction of sp³-hybridized carbons (Fsp3) is 1.00. The van der Waals surface area contributed by atoms with E-state index in [9.17, 15) is 0 Å². The number of hydrogen-bond donors (Lipinski definition) is 1. The highest BCUT2D eigenvalue weighted by molar-refractivity contribution is 4.77. The second-order valence-corrected chi connectivity index (χ2v) is 3.77. The van der Waals surface area contributed by atoms with Crippen molar-refractivity contribution in [3.8, 4) is 0 Å². The van der Waals surface area contributed by atoms with Gasteiger partial charge < -0.3 is 10.1 Å². The van der Waals surface area contributed by atoms with Gasteiger partial charge in [0.05, 0.1) is 6.61 Å². The van der Waals surface area contributed by atoms with Gasteiger partial charge in [-0.25, -0.2) is 0 Å². The molecule has 0 aromatic rings. The highest BCUT2D eigenvalue weighted by Gasteiger charge is 2.21. The lowest BCUT2D eigenvalue weighted by Gasteiger charge is -2.31. The van der Waals surface area contributed by atoms with Crippen molar-refractivity contribution in [3.05, 3.63) is 0 Å². The summed E-state index contributed by atoms with van der Waals surface area (Å²) in [7, 11) is 0. The van der Waals surface area contributed by atoms with Crippen LogP contribution in [0.25, 0.3) is 0 Å². The topological polar surface area (TPSA) is 21.3 Å². The van der Waals surface area contributed by atoms with E-state index in [1.54, 1.807) is 0 Å². The van der Waals surface area contributed by atoms with Crippen LogP contribution in [0.4, 0.5) is 0 Å². The molecule has 66 valence electrons. The van der Waals surface area contributed by atoms with Crippen LogP contribution in [0.5, 0.6) is 0 Å². The Bertz CT molecular complexity index is 114. The van der Waals surface area contributed by atoms with Crippen molar-refractivity contribution in [1.29, 1.82) is 0 Å². The van der Waals surface area contributed by atoms with Gasteiger partial charge in [0.25, 0.3) is 0 Å². The predicted molar refractivity (Wildman–Crippen MR) is 46.7 cm³/mol. The van der Waals surface area contributed by atoms with Crippen molar-refractivity contribution in [2.75, 3.05) is 13.2 Å². The predicted octanol–water partition coefficient (Wildman–Crippen LogP) is 1.41. The summed E-state index contributed by atoms with van der Waals surface area (Å²) in [5, 5.41) is 3.55.